The zero-order chi connectivity index (χ0) is 25.3. The maximum absolute atomic E-state index is 13.5. The molecule has 0 aliphatic carbocycles. The molecule has 36 heavy (non-hydrogen) atoms. The Balaban J connectivity index is 1.50. The highest BCUT2D eigenvalue weighted by molar-refractivity contribution is 6.00. The Hall–Kier alpha value is -4.46. The predicted octanol–water partition coefficient (Wildman–Crippen LogP) is 5.38. The Morgan fingerprint density at radius 2 is 1.92 bits per heavy atom. The second kappa shape index (κ2) is 11.8. The van der Waals surface area contributed by atoms with Crippen molar-refractivity contribution in [3.8, 4) is 5.75 Å². The quantitative estimate of drug-likeness (QED) is 0.299. The lowest BCUT2D eigenvalue weighted by Gasteiger charge is -2.21. The zero-order valence-corrected chi connectivity index (χ0v) is 20.3. The molecule has 1 saturated heterocycles. The Kier molecular flexibility index (Phi) is 8.08. The molecule has 1 fully saturated rings. The number of carbonyl (C=O) groups is 1. The molecule has 1 aliphatic heterocycles. The van der Waals surface area contributed by atoms with Crippen molar-refractivity contribution in [3.05, 3.63) is 108 Å². The number of rotatable bonds is 9. The van der Waals surface area contributed by atoms with Gasteiger partial charge in [-0.15, -0.1) is 0 Å². The molecule has 0 radical (unpaired) electrons. The molecular weight excluding hydrogens is 456 g/mol. The number of carbonyl (C=O) groups excluding carboxylic acids is 1. The summed E-state index contributed by atoms with van der Waals surface area (Å²) in [5.41, 5.74) is 3.40. The van der Waals surface area contributed by atoms with Gasteiger partial charge in [0.2, 0.25) is 0 Å². The van der Waals surface area contributed by atoms with Crippen LogP contribution in [0.1, 0.15) is 47.0 Å². The van der Waals surface area contributed by atoms with E-state index >= 15 is 0 Å². The van der Waals surface area contributed by atoms with Gasteiger partial charge < -0.3 is 19.0 Å². The van der Waals surface area contributed by atoms with Gasteiger partial charge in [0.1, 0.15) is 18.9 Å². The van der Waals surface area contributed by atoms with Crippen LogP contribution in [-0.4, -0.2) is 40.3 Å². The van der Waals surface area contributed by atoms with E-state index in [0.29, 0.717) is 36.0 Å². The van der Waals surface area contributed by atoms with E-state index in [0.717, 1.165) is 16.8 Å². The van der Waals surface area contributed by atoms with Gasteiger partial charge in [-0.05, 0) is 42.3 Å². The van der Waals surface area contributed by atoms with Gasteiger partial charge in [-0.2, -0.15) is 4.98 Å². The molecule has 3 aromatic rings. The average molecular weight is 485 g/mol. The lowest BCUT2D eigenvalue weighted by atomic mass is 10.0. The molecule has 184 valence electrons. The molecule has 1 atom stereocenters. The van der Waals surface area contributed by atoms with E-state index in [1.54, 1.807) is 11.0 Å². The number of ether oxygens (including phenoxy) is 1. The number of para-hydroxylation sites is 1. The Morgan fingerprint density at radius 3 is 2.64 bits per heavy atom. The van der Waals surface area contributed by atoms with Crippen molar-refractivity contribution in [1.29, 1.82) is 0 Å². The van der Waals surface area contributed by atoms with Crippen molar-refractivity contribution in [2.24, 2.45) is 5.16 Å². The van der Waals surface area contributed by atoms with Gasteiger partial charge in [0.25, 0.3) is 11.8 Å². The number of aromatic nitrogens is 2. The largest absolute Gasteiger partial charge is 0.484 e. The van der Waals surface area contributed by atoms with E-state index in [-0.39, 0.29) is 12.5 Å². The minimum absolute atomic E-state index is 0.132. The molecule has 8 heteroatoms. The number of amides is 1. The molecule has 1 aromatic heterocycles. The number of oxime groups is 1. The molecule has 2 heterocycles. The first-order valence-corrected chi connectivity index (χ1v) is 11.6. The van der Waals surface area contributed by atoms with Crippen LogP contribution in [-0.2, 0) is 11.4 Å². The Bertz CT molecular complexity index is 1280. The molecule has 0 saturated carbocycles. The first-order valence-electron chi connectivity index (χ1n) is 11.6. The van der Waals surface area contributed by atoms with Crippen LogP contribution in [0, 0.1) is 0 Å². The maximum Gasteiger partial charge on any atom is 0.264 e. The summed E-state index contributed by atoms with van der Waals surface area (Å²) in [5.74, 6) is 1.29. The third kappa shape index (κ3) is 5.96. The normalized spacial score (nSPS) is 17.1. The van der Waals surface area contributed by atoms with E-state index in [1.807, 2.05) is 79.7 Å². The van der Waals surface area contributed by atoms with Gasteiger partial charge >= 0.3 is 0 Å². The first kappa shape index (κ1) is 24.7. The summed E-state index contributed by atoms with van der Waals surface area (Å²) in [7, 11) is 1.48. The summed E-state index contributed by atoms with van der Waals surface area (Å²) < 4.78 is 11.1. The highest BCUT2D eigenvalue weighted by atomic mass is 16.6. The summed E-state index contributed by atoms with van der Waals surface area (Å²) in [6, 6.07) is 16.5. The van der Waals surface area contributed by atoms with Crippen LogP contribution < -0.4 is 4.74 Å². The number of nitrogens with zero attached hydrogens (tertiary/aromatic N) is 4. The van der Waals surface area contributed by atoms with E-state index in [9.17, 15) is 4.79 Å². The van der Waals surface area contributed by atoms with Crippen molar-refractivity contribution in [2.45, 2.75) is 26.0 Å². The van der Waals surface area contributed by atoms with Gasteiger partial charge in [-0.3, -0.25) is 4.79 Å². The maximum atomic E-state index is 13.5. The molecule has 0 spiro atoms. The van der Waals surface area contributed by atoms with Gasteiger partial charge in [-0.25, -0.2) is 0 Å². The lowest BCUT2D eigenvalue weighted by Crippen LogP contribution is -2.31. The number of hydrogen-bond acceptors (Lipinski definition) is 7. The van der Waals surface area contributed by atoms with E-state index < -0.39 is 6.04 Å². The van der Waals surface area contributed by atoms with Crippen LogP contribution in [0.2, 0.25) is 0 Å². The highest BCUT2D eigenvalue weighted by Crippen LogP contribution is 2.31. The van der Waals surface area contributed by atoms with Gasteiger partial charge in [0.15, 0.2) is 12.4 Å². The molecule has 2 aromatic carbocycles. The van der Waals surface area contributed by atoms with Crippen LogP contribution in [0.15, 0.2) is 95.2 Å². The smallest absolute Gasteiger partial charge is 0.264 e. The SMILES string of the molecule is C=C/C=C\C=C(/C)c1ccc(C(=O)N2CC(=NOC)CC2c2noc(COc3ccccc3)n2)cc1. The molecule has 4 rings (SSSR count). The zero-order valence-electron chi connectivity index (χ0n) is 20.3. The monoisotopic (exact) mass is 484 g/mol. The Morgan fingerprint density at radius 1 is 1.17 bits per heavy atom. The molecule has 1 unspecified atom stereocenters. The first-order chi connectivity index (χ1) is 17.6. The van der Waals surface area contributed by atoms with Crippen LogP contribution >= 0.6 is 0 Å². The fourth-order valence-corrected chi connectivity index (χ4v) is 3.88. The topological polar surface area (TPSA) is 90.1 Å². The van der Waals surface area contributed by atoms with Crippen LogP contribution in [0.5, 0.6) is 5.75 Å². The molecule has 8 nitrogen and oxygen atoms in total. The van der Waals surface area contributed by atoms with Crippen LogP contribution in [0.3, 0.4) is 0 Å². The number of benzene rings is 2. The minimum atomic E-state index is -0.425. The van der Waals surface area contributed by atoms with Crippen molar-refractivity contribution >= 4 is 17.2 Å². The third-order valence-corrected chi connectivity index (χ3v) is 5.71. The molecule has 0 N–H and O–H groups in total. The summed E-state index contributed by atoms with van der Waals surface area (Å²) in [6.07, 6.45) is 7.97. The van der Waals surface area contributed by atoms with Crippen LogP contribution in [0.4, 0.5) is 0 Å². The fourth-order valence-electron chi connectivity index (χ4n) is 3.88. The second-order valence-electron chi connectivity index (χ2n) is 8.19. The molecule has 0 bridgehead atoms. The molecule has 1 aliphatic rings. The van der Waals surface area contributed by atoms with Crippen LogP contribution in [0.25, 0.3) is 5.57 Å². The number of allylic oxidation sites excluding steroid dienone is 5. The highest BCUT2D eigenvalue weighted by Gasteiger charge is 2.38. The van der Waals surface area contributed by atoms with Crippen molar-refractivity contribution in [1.82, 2.24) is 15.0 Å². The molecular formula is C28H28N4O4. The van der Waals surface area contributed by atoms with Gasteiger partial charge in [-0.1, -0.05) is 71.5 Å². The van der Waals surface area contributed by atoms with E-state index in [2.05, 4.69) is 21.9 Å². The minimum Gasteiger partial charge on any atom is -0.484 e. The molecule has 1 amide bonds. The number of hydrogen-bond donors (Lipinski definition) is 0. The fraction of sp³-hybridized carbons (Fsp3) is 0.214. The predicted molar refractivity (Wildman–Crippen MR) is 137 cm³/mol. The van der Waals surface area contributed by atoms with Crippen molar-refractivity contribution in [3.63, 3.8) is 0 Å². The second-order valence-corrected chi connectivity index (χ2v) is 8.19. The number of likely N-dealkylation sites (tertiary alicyclic amines) is 1. The van der Waals surface area contributed by atoms with Gasteiger partial charge in [0.05, 0.1) is 12.3 Å². The van der Waals surface area contributed by atoms with Crippen molar-refractivity contribution in [2.75, 3.05) is 13.7 Å². The summed E-state index contributed by atoms with van der Waals surface area (Å²) >= 11 is 0. The standard InChI is InChI=1S/C28H28N4O4/c1-4-5-7-10-20(2)21-13-15-22(16-14-21)28(33)32-18-23(30-34-3)17-25(32)27-29-26(36-31-27)19-35-24-11-8-6-9-12-24/h4-16,25H,1,17-19H2,2-3H3/b7-5-,20-10+,30-23?. The summed E-state index contributed by atoms with van der Waals surface area (Å²) in [6.45, 7) is 6.14. The third-order valence-electron chi connectivity index (χ3n) is 5.71. The van der Waals surface area contributed by atoms with Crippen molar-refractivity contribution < 1.29 is 18.9 Å². The summed E-state index contributed by atoms with van der Waals surface area (Å²) in [4.78, 5) is 24.6. The van der Waals surface area contributed by atoms with Gasteiger partial charge in [0, 0.05) is 12.0 Å². The average Bonchev–Trinajstić information content (AvgIpc) is 3.55. The van der Waals surface area contributed by atoms with E-state index in [1.165, 1.54) is 7.11 Å². The summed E-state index contributed by atoms with van der Waals surface area (Å²) in [5, 5.41) is 8.20. The lowest BCUT2D eigenvalue weighted by molar-refractivity contribution is 0.0732. The van der Waals surface area contributed by atoms with E-state index in [4.69, 9.17) is 14.1 Å². The Labute approximate surface area is 210 Å².